The first-order valence-electron chi connectivity index (χ1n) is 10.5. The summed E-state index contributed by atoms with van der Waals surface area (Å²) in [6.07, 6.45) is 3.62. The van der Waals surface area contributed by atoms with Crippen LogP contribution < -0.4 is 4.90 Å². The maximum absolute atomic E-state index is 10.3. The van der Waals surface area contributed by atoms with Gasteiger partial charge >= 0.3 is 0 Å². The van der Waals surface area contributed by atoms with Crippen LogP contribution in [0.2, 0.25) is 0 Å². The van der Waals surface area contributed by atoms with Crippen LogP contribution in [-0.4, -0.2) is 45.6 Å². The van der Waals surface area contributed by atoms with E-state index in [0.717, 1.165) is 36.8 Å². The van der Waals surface area contributed by atoms with Crippen molar-refractivity contribution >= 4 is 23.4 Å². The van der Waals surface area contributed by atoms with Crippen molar-refractivity contribution in [3.8, 4) is 11.3 Å². The third kappa shape index (κ3) is 3.60. The highest BCUT2D eigenvalue weighted by Gasteiger charge is 2.49. The van der Waals surface area contributed by atoms with E-state index in [0.29, 0.717) is 11.6 Å². The van der Waals surface area contributed by atoms with Gasteiger partial charge in [-0.05, 0) is 49.4 Å². The number of aromatic nitrogens is 3. The van der Waals surface area contributed by atoms with Crippen LogP contribution in [0.25, 0.3) is 11.3 Å². The minimum atomic E-state index is -0.997. The standard InChI is InChI=1S/C24H26N4O2S/c1-4-31-17-8-9-18-20(10-17)28(13-24(18)14-30-15-24)22-25-11-16(12-26-22)19-6-5-7-21(27-19)23(2,3)29/h5-12,29H,4,13-15H2,1-3H3. The second kappa shape index (κ2) is 7.58. The van der Waals surface area contributed by atoms with E-state index in [2.05, 4.69) is 35.0 Å². The Hall–Kier alpha value is -2.48. The lowest BCUT2D eigenvalue weighted by atomic mass is 9.81. The minimum Gasteiger partial charge on any atom is -0.384 e. The van der Waals surface area contributed by atoms with Gasteiger partial charge in [-0.25, -0.2) is 15.0 Å². The van der Waals surface area contributed by atoms with Gasteiger partial charge in [0.2, 0.25) is 5.95 Å². The fraction of sp³-hybridized carbons (Fsp3) is 0.375. The van der Waals surface area contributed by atoms with Crippen LogP contribution in [-0.2, 0) is 15.8 Å². The fourth-order valence-electron chi connectivity index (χ4n) is 4.22. The molecule has 31 heavy (non-hydrogen) atoms. The summed E-state index contributed by atoms with van der Waals surface area (Å²) in [5.74, 6) is 1.72. The van der Waals surface area contributed by atoms with Gasteiger partial charge in [0, 0.05) is 35.1 Å². The molecule has 0 radical (unpaired) electrons. The highest BCUT2D eigenvalue weighted by molar-refractivity contribution is 7.99. The number of hydrogen-bond donors (Lipinski definition) is 1. The Morgan fingerprint density at radius 2 is 1.94 bits per heavy atom. The largest absolute Gasteiger partial charge is 0.384 e. The molecule has 3 aromatic rings. The van der Waals surface area contributed by atoms with Gasteiger partial charge in [-0.3, -0.25) is 0 Å². The van der Waals surface area contributed by atoms with Crippen LogP contribution in [0.5, 0.6) is 0 Å². The van der Waals surface area contributed by atoms with Crippen molar-refractivity contribution in [1.29, 1.82) is 0 Å². The average Bonchev–Trinajstić information content (AvgIpc) is 3.09. The summed E-state index contributed by atoms with van der Waals surface area (Å²) in [5.41, 5.74) is 3.74. The van der Waals surface area contributed by atoms with E-state index in [-0.39, 0.29) is 5.41 Å². The summed E-state index contributed by atoms with van der Waals surface area (Å²) >= 11 is 1.84. The molecular weight excluding hydrogens is 408 g/mol. The highest BCUT2D eigenvalue weighted by atomic mass is 32.2. The zero-order valence-electron chi connectivity index (χ0n) is 18.0. The van der Waals surface area contributed by atoms with Gasteiger partial charge in [0.1, 0.15) is 5.60 Å². The number of anilines is 2. The third-order valence-electron chi connectivity index (χ3n) is 5.91. The topological polar surface area (TPSA) is 71.4 Å². The lowest BCUT2D eigenvalue weighted by Gasteiger charge is -2.38. The van der Waals surface area contributed by atoms with Crippen molar-refractivity contribution < 1.29 is 9.84 Å². The molecule has 4 heterocycles. The average molecular weight is 435 g/mol. The molecule has 1 spiro atoms. The molecule has 0 aliphatic carbocycles. The molecule has 6 nitrogen and oxygen atoms in total. The predicted octanol–water partition coefficient (Wildman–Crippen LogP) is 4.30. The Morgan fingerprint density at radius 3 is 2.58 bits per heavy atom. The molecule has 7 heteroatoms. The Labute approximate surface area is 186 Å². The summed E-state index contributed by atoms with van der Waals surface area (Å²) in [5, 5.41) is 10.3. The molecule has 2 aliphatic rings. The van der Waals surface area contributed by atoms with Crippen LogP contribution in [0.15, 0.2) is 53.7 Å². The number of pyridine rings is 1. The zero-order valence-corrected chi connectivity index (χ0v) is 18.8. The third-order valence-corrected chi connectivity index (χ3v) is 6.79. The molecule has 0 atom stereocenters. The number of rotatable bonds is 5. The first-order valence-corrected chi connectivity index (χ1v) is 11.5. The Morgan fingerprint density at radius 1 is 1.16 bits per heavy atom. The molecular formula is C24H26N4O2S. The van der Waals surface area contributed by atoms with Gasteiger partial charge in [0.25, 0.3) is 0 Å². The quantitative estimate of drug-likeness (QED) is 0.600. The Balaban J connectivity index is 1.48. The number of fused-ring (bicyclic) bond motifs is 2. The molecule has 0 unspecified atom stereocenters. The van der Waals surface area contributed by atoms with Crippen molar-refractivity contribution in [1.82, 2.24) is 15.0 Å². The SMILES string of the molecule is CCSc1ccc2c(c1)N(c1ncc(-c3cccc(C(C)(C)O)n3)cn1)CC21COC1. The number of benzene rings is 1. The van der Waals surface area contributed by atoms with Crippen LogP contribution >= 0.6 is 11.8 Å². The maximum atomic E-state index is 10.3. The van der Waals surface area contributed by atoms with Crippen LogP contribution in [0, 0.1) is 0 Å². The number of hydrogen-bond acceptors (Lipinski definition) is 7. The van der Waals surface area contributed by atoms with E-state index in [1.807, 2.05) is 42.4 Å². The van der Waals surface area contributed by atoms with Crippen molar-refractivity contribution in [3.63, 3.8) is 0 Å². The first kappa shape index (κ1) is 20.4. The zero-order chi connectivity index (χ0) is 21.6. The summed E-state index contributed by atoms with van der Waals surface area (Å²) in [6.45, 7) is 7.93. The maximum Gasteiger partial charge on any atom is 0.229 e. The monoisotopic (exact) mass is 434 g/mol. The highest BCUT2D eigenvalue weighted by Crippen LogP contribution is 2.48. The summed E-state index contributed by atoms with van der Waals surface area (Å²) in [7, 11) is 0. The van der Waals surface area contributed by atoms with E-state index in [4.69, 9.17) is 14.7 Å². The molecule has 160 valence electrons. The molecule has 1 fully saturated rings. The van der Waals surface area contributed by atoms with Gasteiger partial charge in [-0.15, -0.1) is 11.8 Å². The molecule has 0 saturated carbocycles. The van der Waals surface area contributed by atoms with Crippen molar-refractivity contribution in [2.45, 2.75) is 36.7 Å². The van der Waals surface area contributed by atoms with Crippen molar-refractivity contribution in [2.24, 2.45) is 0 Å². The Kier molecular flexibility index (Phi) is 5.00. The van der Waals surface area contributed by atoms with Crippen molar-refractivity contribution in [2.75, 3.05) is 30.4 Å². The molecule has 1 saturated heterocycles. The number of nitrogens with zero attached hydrogens (tertiary/aromatic N) is 4. The van der Waals surface area contributed by atoms with E-state index in [9.17, 15) is 5.11 Å². The summed E-state index contributed by atoms with van der Waals surface area (Å²) in [6, 6.07) is 12.3. The Bertz CT molecular complexity index is 1110. The molecule has 2 aliphatic heterocycles. The van der Waals surface area contributed by atoms with Gasteiger partial charge in [-0.1, -0.05) is 19.1 Å². The normalized spacial score (nSPS) is 17.0. The second-order valence-electron chi connectivity index (χ2n) is 8.71. The lowest BCUT2D eigenvalue weighted by Crippen LogP contribution is -2.49. The van der Waals surface area contributed by atoms with Gasteiger partial charge < -0.3 is 14.7 Å². The molecule has 0 bridgehead atoms. The predicted molar refractivity (Wildman–Crippen MR) is 123 cm³/mol. The number of ether oxygens (including phenoxy) is 1. The molecule has 1 N–H and O–H groups in total. The lowest BCUT2D eigenvalue weighted by molar-refractivity contribution is -0.0507. The van der Waals surface area contributed by atoms with Crippen LogP contribution in [0.3, 0.4) is 0 Å². The van der Waals surface area contributed by atoms with Gasteiger partial charge in [-0.2, -0.15) is 0 Å². The summed E-state index contributed by atoms with van der Waals surface area (Å²) < 4.78 is 5.59. The van der Waals surface area contributed by atoms with Gasteiger partial charge in [0.05, 0.1) is 30.0 Å². The van der Waals surface area contributed by atoms with Gasteiger partial charge in [0.15, 0.2) is 0 Å². The molecule has 0 amide bonds. The number of aliphatic hydroxyl groups is 1. The fourth-order valence-corrected chi connectivity index (χ4v) is 4.91. The van der Waals surface area contributed by atoms with Crippen LogP contribution in [0.4, 0.5) is 11.6 Å². The second-order valence-corrected chi connectivity index (χ2v) is 10.0. The molecule has 1 aromatic carbocycles. The van der Waals surface area contributed by atoms with E-state index >= 15 is 0 Å². The first-order chi connectivity index (χ1) is 14.9. The minimum absolute atomic E-state index is 0.0371. The number of thioether (sulfide) groups is 1. The van der Waals surface area contributed by atoms with E-state index < -0.39 is 5.60 Å². The van der Waals surface area contributed by atoms with Crippen molar-refractivity contribution in [3.05, 3.63) is 60.0 Å². The smallest absolute Gasteiger partial charge is 0.229 e. The van der Waals surface area contributed by atoms with E-state index in [1.165, 1.54) is 16.1 Å². The summed E-state index contributed by atoms with van der Waals surface area (Å²) in [4.78, 5) is 17.4. The molecule has 2 aromatic heterocycles. The molecule has 5 rings (SSSR count). The van der Waals surface area contributed by atoms with Crippen LogP contribution in [0.1, 0.15) is 32.0 Å². The van der Waals surface area contributed by atoms with E-state index in [1.54, 1.807) is 13.8 Å².